The summed E-state index contributed by atoms with van der Waals surface area (Å²) in [6.45, 7) is 18.9. The Labute approximate surface area is 135 Å². The van der Waals surface area contributed by atoms with Gasteiger partial charge < -0.3 is 0 Å². The maximum atomic E-state index is 5.62. The van der Waals surface area contributed by atoms with E-state index in [1.165, 1.54) is 5.56 Å². The van der Waals surface area contributed by atoms with Crippen molar-refractivity contribution in [2.24, 2.45) is 0 Å². The van der Waals surface area contributed by atoms with Crippen molar-refractivity contribution in [3.05, 3.63) is 53.8 Å². The summed E-state index contributed by atoms with van der Waals surface area (Å²) in [5, 5.41) is 0. The van der Waals surface area contributed by atoms with Gasteiger partial charge >= 0.3 is 0 Å². The molecule has 0 saturated heterocycles. The minimum atomic E-state index is -0.0194. The lowest BCUT2D eigenvalue weighted by Gasteiger charge is -2.26. The van der Waals surface area contributed by atoms with Gasteiger partial charge in [-0.2, -0.15) is 0 Å². The Morgan fingerprint density at radius 2 is 1.73 bits per heavy atom. The molecular formula is C20H30O2. The summed E-state index contributed by atoms with van der Waals surface area (Å²) in [5.41, 5.74) is 2.53. The second-order valence-corrected chi connectivity index (χ2v) is 7.60. The Balaban J connectivity index is 3.14. The van der Waals surface area contributed by atoms with Crippen LogP contribution in [-0.2, 0) is 15.7 Å². The monoisotopic (exact) mass is 302 g/mol. The second-order valence-electron chi connectivity index (χ2n) is 7.60. The molecule has 0 unspecified atom stereocenters. The van der Waals surface area contributed by atoms with Crippen LogP contribution in [0.2, 0.25) is 0 Å². The average Bonchev–Trinajstić information content (AvgIpc) is 2.41. The summed E-state index contributed by atoms with van der Waals surface area (Å²) < 4.78 is 0. The number of rotatable bonds is 5. The highest BCUT2D eigenvalue weighted by Gasteiger charge is 2.23. The lowest BCUT2D eigenvalue weighted by molar-refractivity contribution is -0.169. The van der Waals surface area contributed by atoms with Crippen molar-refractivity contribution in [1.29, 1.82) is 0 Å². The van der Waals surface area contributed by atoms with Gasteiger partial charge in [-0.15, -0.1) is 0 Å². The lowest BCUT2D eigenvalue weighted by Crippen LogP contribution is -2.17. The van der Waals surface area contributed by atoms with Crippen LogP contribution in [-0.4, -0.2) is 0 Å². The minimum absolute atomic E-state index is 0.0194. The zero-order valence-electron chi connectivity index (χ0n) is 15.1. The normalized spacial score (nSPS) is 13.0. The van der Waals surface area contributed by atoms with Crippen LogP contribution in [0.4, 0.5) is 0 Å². The van der Waals surface area contributed by atoms with Gasteiger partial charge in [-0.05, 0) is 28.5 Å². The van der Waals surface area contributed by atoms with Crippen LogP contribution < -0.4 is 4.89 Å². The minimum Gasteiger partial charge on any atom is -0.295 e. The van der Waals surface area contributed by atoms with Crippen molar-refractivity contribution in [2.75, 3.05) is 0 Å². The van der Waals surface area contributed by atoms with Gasteiger partial charge in [0.2, 0.25) is 0 Å². The van der Waals surface area contributed by atoms with Crippen molar-refractivity contribution in [2.45, 2.75) is 65.7 Å². The number of hydrogen-bond donors (Lipinski definition) is 0. The predicted octanol–water partition coefficient (Wildman–Crippen LogP) is 6.07. The molecular weight excluding hydrogens is 272 g/mol. The molecule has 0 aliphatic heterocycles. The summed E-state index contributed by atoms with van der Waals surface area (Å²) in [7, 11) is 0. The molecule has 0 N–H and O–H groups in total. The van der Waals surface area contributed by atoms with Crippen LogP contribution >= 0.6 is 0 Å². The molecule has 22 heavy (non-hydrogen) atoms. The van der Waals surface area contributed by atoms with Gasteiger partial charge in [-0.25, -0.2) is 0 Å². The number of hydrogen-bond acceptors (Lipinski definition) is 2. The van der Waals surface area contributed by atoms with Crippen LogP contribution in [0.5, 0.6) is 5.75 Å². The van der Waals surface area contributed by atoms with E-state index in [0.29, 0.717) is 0 Å². The van der Waals surface area contributed by atoms with E-state index in [2.05, 4.69) is 60.3 Å². The molecule has 0 bridgehead atoms. The SMILES string of the molecule is C=C/C=C(\CC)OOc1ccc(C(C)(C)C)cc1C(C)(C)C. The predicted molar refractivity (Wildman–Crippen MR) is 94.1 cm³/mol. The first kappa shape index (κ1) is 18.3. The third-order valence-electron chi connectivity index (χ3n) is 3.54. The standard InChI is InChI=1S/C20H30O2/c1-9-11-16(10-2)21-22-18-13-12-15(19(3,4)5)14-17(18)20(6,7)8/h9,11-14H,1,10H2,2-8H3/b16-11+. The van der Waals surface area contributed by atoms with Crippen molar-refractivity contribution >= 4 is 0 Å². The van der Waals surface area contributed by atoms with E-state index in [4.69, 9.17) is 9.78 Å². The fourth-order valence-electron chi connectivity index (χ4n) is 2.09. The van der Waals surface area contributed by atoms with Crippen molar-refractivity contribution in [3.63, 3.8) is 0 Å². The molecule has 0 aliphatic rings. The summed E-state index contributed by atoms with van der Waals surface area (Å²) in [6, 6.07) is 6.33. The van der Waals surface area contributed by atoms with Gasteiger partial charge in [0.1, 0.15) is 0 Å². The van der Waals surface area contributed by atoms with E-state index in [9.17, 15) is 0 Å². The van der Waals surface area contributed by atoms with E-state index >= 15 is 0 Å². The quantitative estimate of drug-likeness (QED) is 0.284. The second kappa shape index (κ2) is 7.04. The molecule has 2 nitrogen and oxygen atoms in total. The van der Waals surface area contributed by atoms with Crippen LogP contribution in [0.25, 0.3) is 0 Å². The molecule has 2 heteroatoms. The van der Waals surface area contributed by atoms with Gasteiger partial charge in [0.15, 0.2) is 11.5 Å². The molecule has 122 valence electrons. The van der Waals surface area contributed by atoms with Gasteiger partial charge in [0, 0.05) is 12.0 Å². The molecule has 0 saturated carbocycles. The van der Waals surface area contributed by atoms with E-state index < -0.39 is 0 Å². The van der Waals surface area contributed by atoms with E-state index in [-0.39, 0.29) is 10.8 Å². The number of allylic oxidation sites excluding steroid dienone is 3. The van der Waals surface area contributed by atoms with Gasteiger partial charge in [-0.1, -0.05) is 73.3 Å². The maximum Gasteiger partial charge on any atom is 0.182 e. The molecule has 0 heterocycles. The lowest BCUT2D eigenvalue weighted by atomic mass is 9.80. The average molecular weight is 302 g/mol. The molecule has 0 aliphatic carbocycles. The first-order valence-electron chi connectivity index (χ1n) is 7.90. The Morgan fingerprint density at radius 1 is 1.09 bits per heavy atom. The molecule has 0 spiro atoms. The third kappa shape index (κ3) is 4.94. The highest BCUT2D eigenvalue weighted by molar-refractivity contribution is 5.43. The first-order chi connectivity index (χ1) is 10.1. The maximum absolute atomic E-state index is 5.62. The molecule has 0 aromatic heterocycles. The van der Waals surface area contributed by atoms with Crippen molar-refractivity contribution in [3.8, 4) is 5.75 Å². The first-order valence-corrected chi connectivity index (χ1v) is 7.90. The van der Waals surface area contributed by atoms with Crippen LogP contribution in [0.3, 0.4) is 0 Å². The van der Waals surface area contributed by atoms with Gasteiger partial charge in [-0.3, -0.25) is 9.78 Å². The Hall–Kier alpha value is -1.70. The summed E-state index contributed by atoms with van der Waals surface area (Å²) >= 11 is 0. The smallest absolute Gasteiger partial charge is 0.182 e. The Kier molecular flexibility index (Phi) is 5.87. The molecule has 0 atom stereocenters. The fraction of sp³-hybridized carbons (Fsp3) is 0.500. The van der Waals surface area contributed by atoms with Crippen LogP contribution in [0.15, 0.2) is 42.7 Å². The van der Waals surface area contributed by atoms with Gasteiger partial charge in [0.25, 0.3) is 0 Å². The molecule has 1 rings (SSSR count). The zero-order chi connectivity index (χ0) is 17.0. The fourth-order valence-corrected chi connectivity index (χ4v) is 2.09. The molecule has 0 fully saturated rings. The molecule has 1 aromatic carbocycles. The molecule has 0 amide bonds. The topological polar surface area (TPSA) is 18.5 Å². The van der Waals surface area contributed by atoms with Crippen molar-refractivity contribution < 1.29 is 9.78 Å². The van der Waals surface area contributed by atoms with E-state index in [1.807, 2.05) is 19.1 Å². The highest BCUT2D eigenvalue weighted by Crippen LogP contribution is 2.35. The summed E-state index contributed by atoms with van der Waals surface area (Å²) in [5.74, 6) is 1.53. The Morgan fingerprint density at radius 3 is 2.18 bits per heavy atom. The zero-order valence-corrected chi connectivity index (χ0v) is 15.1. The highest BCUT2D eigenvalue weighted by atomic mass is 17.2. The van der Waals surface area contributed by atoms with Gasteiger partial charge in [0.05, 0.1) is 0 Å². The van der Waals surface area contributed by atoms with E-state index in [0.717, 1.165) is 23.5 Å². The number of benzene rings is 1. The van der Waals surface area contributed by atoms with Crippen molar-refractivity contribution in [1.82, 2.24) is 0 Å². The molecule has 0 radical (unpaired) electrons. The summed E-state index contributed by atoms with van der Waals surface area (Å²) in [4.78, 5) is 11.1. The third-order valence-corrected chi connectivity index (χ3v) is 3.54. The summed E-state index contributed by atoms with van der Waals surface area (Å²) in [6.07, 6.45) is 4.28. The molecule has 1 aromatic rings. The van der Waals surface area contributed by atoms with E-state index in [1.54, 1.807) is 6.08 Å². The van der Waals surface area contributed by atoms with Crippen LogP contribution in [0, 0.1) is 0 Å². The van der Waals surface area contributed by atoms with Crippen LogP contribution in [0.1, 0.15) is 66.0 Å². The Bertz CT molecular complexity index is 540. The largest absolute Gasteiger partial charge is 0.295 e.